The summed E-state index contributed by atoms with van der Waals surface area (Å²) in [6, 6.07) is 8.65. The van der Waals surface area contributed by atoms with E-state index in [-0.39, 0.29) is 22.4 Å². The third-order valence-electron chi connectivity index (χ3n) is 3.79. The Labute approximate surface area is 133 Å². The number of halogens is 1. The Morgan fingerprint density at radius 3 is 2.57 bits per heavy atom. The van der Waals surface area contributed by atoms with Gasteiger partial charge in [-0.25, -0.2) is 4.39 Å². The van der Waals surface area contributed by atoms with Crippen LogP contribution in [0.25, 0.3) is 0 Å². The molecule has 0 bridgehead atoms. The first-order chi connectivity index (χ1) is 10.8. The van der Waals surface area contributed by atoms with Gasteiger partial charge in [-0.3, -0.25) is 4.55 Å². The van der Waals surface area contributed by atoms with E-state index in [9.17, 15) is 17.4 Å². The van der Waals surface area contributed by atoms with Gasteiger partial charge in [-0.2, -0.15) is 8.42 Å². The van der Waals surface area contributed by atoms with E-state index >= 15 is 0 Å². The molecule has 1 heterocycles. The average molecular weight is 337 g/mol. The van der Waals surface area contributed by atoms with Crippen molar-refractivity contribution in [2.45, 2.75) is 17.7 Å². The second kappa shape index (κ2) is 5.92. The normalized spacial score (nSPS) is 15.3. The molecule has 0 spiro atoms. The van der Waals surface area contributed by atoms with Gasteiger partial charge in [0.1, 0.15) is 22.2 Å². The highest BCUT2D eigenvalue weighted by Crippen LogP contribution is 2.32. The maximum Gasteiger partial charge on any atom is 0.298 e. The fourth-order valence-corrected chi connectivity index (χ4v) is 3.04. The summed E-state index contributed by atoms with van der Waals surface area (Å²) in [6.07, 6.45) is 0. The first-order valence-electron chi connectivity index (χ1n) is 7.11. The highest BCUT2D eigenvalue weighted by molar-refractivity contribution is 7.86. The average Bonchev–Trinajstić information content (AvgIpc) is 2.39. The van der Waals surface area contributed by atoms with Crippen LogP contribution in [0.5, 0.6) is 11.5 Å². The van der Waals surface area contributed by atoms with E-state index < -0.39 is 10.1 Å². The summed E-state index contributed by atoms with van der Waals surface area (Å²) in [5.74, 6) is 0.0980. The molecule has 0 aromatic heterocycles. The molecule has 122 valence electrons. The standard InChI is InChI=1S/C16H16FNO4S/c1-10-2-5-16(23(19,20)21)15(6-10)22-12-3-4-14(17)13(7-12)11-8-18-9-11/h2-7,11,18H,8-9H2,1H3,(H,19,20,21). The summed E-state index contributed by atoms with van der Waals surface area (Å²) < 4.78 is 51.7. The third-order valence-corrected chi connectivity index (χ3v) is 4.69. The Hall–Kier alpha value is -1.96. The molecule has 3 rings (SSSR count). The second-order valence-corrected chi connectivity index (χ2v) is 6.96. The first kappa shape index (κ1) is 15.9. The molecule has 0 saturated carbocycles. The van der Waals surface area contributed by atoms with E-state index in [0.29, 0.717) is 24.4 Å². The molecule has 1 aliphatic rings. The fraction of sp³-hybridized carbons (Fsp3) is 0.250. The molecule has 1 saturated heterocycles. The van der Waals surface area contributed by atoms with Crippen LogP contribution < -0.4 is 10.1 Å². The van der Waals surface area contributed by atoms with Gasteiger partial charge in [0.2, 0.25) is 0 Å². The lowest BCUT2D eigenvalue weighted by Crippen LogP contribution is -2.40. The van der Waals surface area contributed by atoms with Crippen molar-refractivity contribution in [2.75, 3.05) is 13.1 Å². The van der Waals surface area contributed by atoms with E-state index in [2.05, 4.69) is 5.32 Å². The topological polar surface area (TPSA) is 75.6 Å². The van der Waals surface area contributed by atoms with Crippen molar-refractivity contribution in [3.05, 3.63) is 53.3 Å². The quantitative estimate of drug-likeness (QED) is 0.839. The largest absolute Gasteiger partial charge is 0.456 e. The lowest BCUT2D eigenvalue weighted by Gasteiger charge is -2.28. The molecule has 0 atom stereocenters. The lowest BCUT2D eigenvalue weighted by atomic mass is 9.93. The van der Waals surface area contributed by atoms with Crippen molar-refractivity contribution in [3.63, 3.8) is 0 Å². The van der Waals surface area contributed by atoms with E-state index in [1.807, 2.05) is 0 Å². The van der Waals surface area contributed by atoms with E-state index in [1.165, 1.54) is 24.3 Å². The van der Waals surface area contributed by atoms with Crippen molar-refractivity contribution in [3.8, 4) is 11.5 Å². The number of hydrogen-bond donors (Lipinski definition) is 2. The Morgan fingerprint density at radius 1 is 1.22 bits per heavy atom. The molecule has 5 nitrogen and oxygen atoms in total. The maximum atomic E-state index is 13.9. The number of benzene rings is 2. The van der Waals surface area contributed by atoms with Crippen LogP contribution >= 0.6 is 0 Å². The van der Waals surface area contributed by atoms with Crippen LogP contribution in [0.1, 0.15) is 17.0 Å². The molecule has 1 aliphatic heterocycles. The van der Waals surface area contributed by atoms with Gasteiger partial charge >= 0.3 is 0 Å². The van der Waals surface area contributed by atoms with Crippen LogP contribution in [0.2, 0.25) is 0 Å². The van der Waals surface area contributed by atoms with Crippen LogP contribution in [0, 0.1) is 12.7 Å². The number of ether oxygens (including phenoxy) is 1. The predicted octanol–water partition coefficient (Wildman–Crippen LogP) is 2.86. The molecule has 2 aromatic carbocycles. The molecule has 1 fully saturated rings. The zero-order chi connectivity index (χ0) is 16.6. The predicted molar refractivity (Wildman–Crippen MR) is 83.1 cm³/mol. The summed E-state index contributed by atoms with van der Waals surface area (Å²) in [6.45, 7) is 3.17. The van der Waals surface area contributed by atoms with Gasteiger partial charge in [0.25, 0.3) is 10.1 Å². The van der Waals surface area contributed by atoms with Crippen LogP contribution in [0.3, 0.4) is 0 Å². The molecular formula is C16H16FNO4S. The second-order valence-electron chi connectivity index (χ2n) is 5.57. The number of hydrogen-bond acceptors (Lipinski definition) is 4. The van der Waals surface area contributed by atoms with Crippen molar-refractivity contribution >= 4 is 10.1 Å². The molecule has 0 unspecified atom stereocenters. The highest BCUT2D eigenvalue weighted by Gasteiger charge is 2.23. The van der Waals surface area contributed by atoms with Crippen molar-refractivity contribution in [1.82, 2.24) is 5.32 Å². The fourth-order valence-electron chi connectivity index (χ4n) is 2.44. The van der Waals surface area contributed by atoms with Crippen LogP contribution in [-0.2, 0) is 10.1 Å². The minimum absolute atomic E-state index is 0.0109. The van der Waals surface area contributed by atoms with E-state index in [4.69, 9.17) is 4.74 Å². The van der Waals surface area contributed by atoms with Crippen LogP contribution in [0.15, 0.2) is 41.3 Å². The molecule has 0 aliphatic carbocycles. The Balaban J connectivity index is 1.98. The van der Waals surface area contributed by atoms with Gasteiger partial charge < -0.3 is 10.1 Å². The summed E-state index contributed by atoms with van der Waals surface area (Å²) in [5.41, 5.74) is 1.31. The zero-order valence-electron chi connectivity index (χ0n) is 12.4. The molecule has 23 heavy (non-hydrogen) atoms. The van der Waals surface area contributed by atoms with Gasteiger partial charge in [-0.15, -0.1) is 0 Å². The number of rotatable bonds is 4. The smallest absolute Gasteiger partial charge is 0.298 e. The Morgan fingerprint density at radius 2 is 1.96 bits per heavy atom. The van der Waals surface area contributed by atoms with Crippen LogP contribution in [0.4, 0.5) is 4.39 Å². The summed E-state index contributed by atoms with van der Waals surface area (Å²) in [4.78, 5) is -0.320. The van der Waals surface area contributed by atoms with E-state index in [0.717, 1.165) is 5.56 Å². The molecule has 0 amide bonds. The third kappa shape index (κ3) is 3.36. The van der Waals surface area contributed by atoms with Gasteiger partial charge in [0.05, 0.1) is 0 Å². The zero-order valence-corrected chi connectivity index (χ0v) is 13.2. The molecular weight excluding hydrogens is 321 g/mol. The van der Waals surface area contributed by atoms with Crippen LogP contribution in [-0.4, -0.2) is 26.1 Å². The molecule has 0 radical (unpaired) electrons. The van der Waals surface area contributed by atoms with Crippen molar-refractivity contribution < 1.29 is 22.1 Å². The minimum atomic E-state index is -4.41. The van der Waals surface area contributed by atoms with Crippen molar-refractivity contribution in [2.24, 2.45) is 0 Å². The van der Waals surface area contributed by atoms with E-state index in [1.54, 1.807) is 19.1 Å². The Bertz CT molecular complexity index is 847. The molecule has 7 heteroatoms. The monoisotopic (exact) mass is 337 g/mol. The lowest BCUT2D eigenvalue weighted by molar-refractivity contribution is 0.422. The van der Waals surface area contributed by atoms with Gasteiger partial charge in [-0.1, -0.05) is 6.07 Å². The van der Waals surface area contributed by atoms with Gasteiger partial charge in [0, 0.05) is 19.0 Å². The van der Waals surface area contributed by atoms with Crippen molar-refractivity contribution in [1.29, 1.82) is 0 Å². The SMILES string of the molecule is Cc1ccc(S(=O)(=O)O)c(Oc2ccc(F)c(C3CNC3)c2)c1. The maximum absolute atomic E-state index is 13.9. The Kier molecular flexibility index (Phi) is 4.09. The number of nitrogens with one attached hydrogen (secondary N) is 1. The van der Waals surface area contributed by atoms with Gasteiger partial charge in [0.15, 0.2) is 0 Å². The first-order valence-corrected chi connectivity index (χ1v) is 8.55. The number of aryl methyl sites for hydroxylation is 1. The summed E-state index contributed by atoms with van der Waals surface area (Å²) >= 11 is 0. The summed E-state index contributed by atoms with van der Waals surface area (Å²) in [7, 11) is -4.41. The minimum Gasteiger partial charge on any atom is -0.456 e. The van der Waals surface area contributed by atoms with Gasteiger partial charge in [-0.05, 0) is 48.4 Å². The highest BCUT2D eigenvalue weighted by atomic mass is 32.2. The summed E-state index contributed by atoms with van der Waals surface area (Å²) in [5, 5.41) is 3.07. The molecule has 2 aromatic rings. The molecule has 2 N–H and O–H groups in total.